The molecule has 0 heterocycles. The average Bonchev–Trinajstić information content (AvgIpc) is 2.30. The molecule has 6 nitrogen and oxygen atoms in total. The molecule has 7 heteroatoms. The summed E-state index contributed by atoms with van der Waals surface area (Å²) in [5.74, 6) is -0.287. The maximum atomic E-state index is 11.2. The molecule has 17 heavy (non-hydrogen) atoms. The predicted molar refractivity (Wildman–Crippen MR) is 65.9 cm³/mol. The van der Waals surface area contributed by atoms with Crippen LogP contribution in [0.15, 0.2) is 0 Å². The van der Waals surface area contributed by atoms with Gasteiger partial charge in [-0.25, -0.2) is 4.79 Å². The Kier molecular flexibility index (Phi) is 9.22. The molecule has 0 bridgehead atoms. The standard InChI is InChI=1S/C10H18N2O4S/c1-2-4-11-9(14)6-17-5-3-8(10(15)16)12-7-13/h7-8H,2-6H2,1H3,(H,11,14)(H,12,13)(H,15,16). The molecule has 0 aliphatic rings. The maximum Gasteiger partial charge on any atom is 0.326 e. The number of hydrogen-bond donors (Lipinski definition) is 3. The number of carbonyl (C=O) groups is 3. The monoisotopic (exact) mass is 262 g/mol. The highest BCUT2D eigenvalue weighted by atomic mass is 32.2. The first-order valence-corrected chi connectivity index (χ1v) is 6.54. The molecule has 0 aromatic carbocycles. The molecule has 0 rings (SSSR count). The smallest absolute Gasteiger partial charge is 0.326 e. The van der Waals surface area contributed by atoms with E-state index in [9.17, 15) is 14.4 Å². The van der Waals surface area contributed by atoms with Gasteiger partial charge in [-0.3, -0.25) is 9.59 Å². The molecular weight excluding hydrogens is 244 g/mol. The summed E-state index contributed by atoms with van der Waals surface area (Å²) in [4.78, 5) is 32.0. The van der Waals surface area contributed by atoms with Crippen LogP contribution in [0.4, 0.5) is 0 Å². The third kappa shape index (κ3) is 8.56. The van der Waals surface area contributed by atoms with E-state index in [1.54, 1.807) is 0 Å². The first-order chi connectivity index (χ1) is 8.11. The molecule has 1 unspecified atom stereocenters. The highest BCUT2D eigenvalue weighted by Gasteiger charge is 2.15. The van der Waals surface area contributed by atoms with Crippen molar-refractivity contribution >= 4 is 30.0 Å². The van der Waals surface area contributed by atoms with Gasteiger partial charge in [0.15, 0.2) is 0 Å². The van der Waals surface area contributed by atoms with Crippen molar-refractivity contribution in [2.24, 2.45) is 0 Å². The molecule has 0 aromatic heterocycles. The largest absolute Gasteiger partial charge is 0.480 e. The summed E-state index contributed by atoms with van der Waals surface area (Å²) in [6, 6.07) is -0.876. The summed E-state index contributed by atoms with van der Waals surface area (Å²) in [5.41, 5.74) is 0. The van der Waals surface area contributed by atoms with E-state index in [4.69, 9.17) is 5.11 Å². The average molecular weight is 262 g/mol. The summed E-state index contributed by atoms with van der Waals surface area (Å²) in [5, 5.41) is 13.7. The normalized spacial score (nSPS) is 11.6. The van der Waals surface area contributed by atoms with E-state index >= 15 is 0 Å². The second-order valence-electron chi connectivity index (χ2n) is 3.37. The van der Waals surface area contributed by atoms with E-state index in [-0.39, 0.29) is 5.91 Å². The van der Waals surface area contributed by atoms with Crippen molar-refractivity contribution in [1.82, 2.24) is 10.6 Å². The van der Waals surface area contributed by atoms with Crippen molar-refractivity contribution in [2.45, 2.75) is 25.8 Å². The highest BCUT2D eigenvalue weighted by Crippen LogP contribution is 2.04. The number of thioether (sulfide) groups is 1. The van der Waals surface area contributed by atoms with Gasteiger partial charge in [0.1, 0.15) is 6.04 Å². The molecule has 0 radical (unpaired) electrons. The lowest BCUT2D eigenvalue weighted by molar-refractivity contribution is -0.140. The Balaban J connectivity index is 3.63. The van der Waals surface area contributed by atoms with Crippen molar-refractivity contribution in [3.63, 3.8) is 0 Å². The summed E-state index contributed by atoms with van der Waals surface area (Å²) in [6.45, 7) is 2.62. The number of aliphatic carboxylic acids is 1. The Morgan fingerprint density at radius 2 is 2.18 bits per heavy atom. The van der Waals surface area contributed by atoms with Crippen LogP contribution in [0.1, 0.15) is 19.8 Å². The third-order valence-corrected chi connectivity index (χ3v) is 2.91. The molecule has 0 aliphatic heterocycles. The van der Waals surface area contributed by atoms with E-state index in [1.165, 1.54) is 11.8 Å². The molecule has 0 spiro atoms. The lowest BCUT2D eigenvalue weighted by atomic mass is 10.2. The summed E-state index contributed by atoms with van der Waals surface area (Å²) < 4.78 is 0. The van der Waals surface area contributed by atoms with Crippen LogP contribution in [0.5, 0.6) is 0 Å². The van der Waals surface area contributed by atoms with Gasteiger partial charge in [0.05, 0.1) is 5.75 Å². The van der Waals surface area contributed by atoms with Crippen molar-refractivity contribution in [3.8, 4) is 0 Å². The van der Waals surface area contributed by atoms with Crippen LogP contribution in [0, 0.1) is 0 Å². The number of carbonyl (C=O) groups excluding carboxylic acids is 2. The van der Waals surface area contributed by atoms with E-state index in [1.807, 2.05) is 6.92 Å². The molecule has 2 amide bonds. The van der Waals surface area contributed by atoms with Gasteiger partial charge in [0.25, 0.3) is 0 Å². The SMILES string of the molecule is CCCNC(=O)CSCCC(NC=O)C(=O)O. The van der Waals surface area contributed by atoms with E-state index in [0.29, 0.717) is 30.9 Å². The molecule has 0 fully saturated rings. The van der Waals surface area contributed by atoms with Crippen LogP contribution in [0.2, 0.25) is 0 Å². The molecule has 1 atom stereocenters. The molecular formula is C10H18N2O4S. The van der Waals surface area contributed by atoms with Crippen LogP contribution in [0.3, 0.4) is 0 Å². The molecule has 3 N–H and O–H groups in total. The number of carboxylic acid groups (broad SMARTS) is 1. The summed E-state index contributed by atoms with van der Waals surface area (Å²) in [6.07, 6.45) is 1.57. The third-order valence-electron chi connectivity index (χ3n) is 1.92. The van der Waals surface area contributed by atoms with Gasteiger partial charge in [0.2, 0.25) is 12.3 Å². The minimum atomic E-state index is -1.06. The molecule has 0 saturated carbocycles. The minimum Gasteiger partial charge on any atom is -0.480 e. The van der Waals surface area contributed by atoms with E-state index in [2.05, 4.69) is 10.6 Å². The lowest BCUT2D eigenvalue weighted by Crippen LogP contribution is -2.36. The number of hydrogen-bond acceptors (Lipinski definition) is 4. The summed E-state index contributed by atoms with van der Waals surface area (Å²) in [7, 11) is 0. The second kappa shape index (κ2) is 9.95. The molecule has 0 saturated heterocycles. The number of nitrogens with one attached hydrogen (secondary N) is 2. The Hall–Kier alpha value is -1.24. The van der Waals surface area contributed by atoms with Gasteiger partial charge in [0, 0.05) is 6.54 Å². The zero-order valence-electron chi connectivity index (χ0n) is 9.77. The molecule has 98 valence electrons. The number of amides is 2. The van der Waals surface area contributed by atoms with Gasteiger partial charge in [-0.15, -0.1) is 0 Å². The fourth-order valence-corrected chi connectivity index (χ4v) is 1.88. The van der Waals surface area contributed by atoms with Gasteiger partial charge in [-0.1, -0.05) is 6.92 Å². The lowest BCUT2D eigenvalue weighted by Gasteiger charge is -2.10. The van der Waals surface area contributed by atoms with Gasteiger partial charge < -0.3 is 15.7 Å². The van der Waals surface area contributed by atoms with Crippen molar-refractivity contribution in [3.05, 3.63) is 0 Å². The van der Waals surface area contributed by atoms with Crippen molar-refractivity contribution in [2.75, 3.05) is 18.1 Å². The van der Waals surface area contributed by atoms with Gasteiger partial charge in [-0.05, 0) is 18.6 Å². The van der Waals surface area contributed by atoms with Crippen molar-refractivity contribution in [1.29, 1.82) is 0 Å². The minimum absolute atomic E-state index is 0.0490. The highest BCUT2D eigenvalue weighted by molar-refractivity contribution is 7.99. The Bertz CT molecular complexity index is 261. The maximum absolute atomic E-state index is 11.2. The number of rotatable bonds is 10. The topological polar surface area (TPSA) is 95.5 Å². The van der Waals surface area contributed by atoms with Crippen LogP contribution in [-0.4, -0.2) is 47.5 Å². The van der Waals surface area contributed by atoms with Gasteiger partial charge >= 0.3 is 5.97 Å². The Labute approximate surface area is 105 Å². The first-order valence-electron chi connectivity index (χ1n) is 5.38. The van der Waals surface area contributed by atoms with Crippen LogP contribution < -0.4 is 10.6 Å². The van der Waals surface area contributed by atoms with Crippen LogP contribution in [-0.2, 0) is 14.4 Å². The first kappa shape index (κ1) is 15.8. The Morgan fingerprint density at radius 3 is 2.71 bits per heavy atom. The summed E-state index contributed by atoms with van der Waals surface area (Å²) >= 11 is 1.35. The number of carboxylic acids is 1. The van der Waals surface area contributed by atoms with Crippen LogP contribution >= 0.6 is 11.8 Å². The van der Waals surface area contributed by atoms with E-state index < -0.39 is 12.0 Å². The van der Waals surface area contributed by atoms with Crippen molar-refractivity contribution < 1.29 is 19.5 Å². The van der Waals surface area contributed by atoms with Crippen LogP contribution in [0.25, 0.3) is 0 Å². The fraction of sp³-hybridized carbons (Fsp3) is 0.700. The Morgan fingerprint density at radius 1 is 1.47 bits per heavy atom. The quantitative estimate of drug-likeness (QED) is 0.375. The second-order valence-corrected chi connectivity index (χ2v) is 4.47. The zero-order chi connectivity index (χ0) is 13.1. The predicted octanol–water partition coefficient (Wildman–Crippen LogP) is -0.165. The fourth-order valence-electron chi connectivity index (χ4n) is 1.04. The van der Waals surface area contributed by atoms with Gasteiger partial charge in [-0.2, -0.15) is 11.8 Å². The molecule has 0 aliphatic carbocycles. The van der Waals surface area contributed by atoms with E-state index in [0.717, 1.165) is 6.42 Å². The zero-order valence-corrected chi connectivity index (χ0v) is 10.6. The molecule has 0 aromatic rings.